The number of nitrogens with zero attached hydrogens (tertiary/aromatic N) is 2. The van der Waals surface area contributed by atoms with Gasteiger partial charge in [0, 0.05) is 7.11 Å². The molecule has 0 unspecified atom stereocenters. The van der Waals surface area contributed by atoms with Crippen LogP contribution in [0.5, 0.6) is 0 Å². The number of benzene rings is 1. The van der Waals surface area contributed by atoms with Gasteiger partial charge in [-0.25, -0.2) is 4.98 Å². The monoisotopic (exact) mass is 264 g/mol. The highest BCUT2D eigenvalue weighted by Gasteiger charge is 2.15. The first-order valence-corrected chi connectivity index (χ1v) is 6.95. The van der Waals surface area contributed by atoms with Crippen LogP contribution in [0.3, 0.4) is 0 Å². The second kappa shape index (κ2) is 5.54. The Hall–Kier alpha value is -1.33. The molecule has 0 bridgehead atoms. The number of para-hydroxylation sites is 1. The summed E-state index contributed by atoms with van der Waals surface area (Å²) in [6, 6.07) is 7.39. The van der Waals surface area contributed by atoms with Crippen molar-refractivity contribution in [2.24, 2.45) is 0 Å². The highest BCUT2D eigenvalue weighted by molar-refractivity contribution is 7.98. The smallest absolute Gasteiger partial charge is 0.262 e. The molecule has 0 amide bonds. The highest BCUT2D eigenvalue weighted by atomic mass is 32.2. The molecule has 0 saturated carbocycles. The van der Waals surface area contributed by atoms with Gasteiger partial charge in [0.1, 0.15) is 0 Å². The highest BCUT2D eigenvalue weighted by Crippen LogP contribution is 2.18. The SMILES string of the molecule is COC[C@@H](C)n1c(SC)nc2ccccc2c1=O. The molecular weight excluding hydrogens is 248 g/mol. The molecule has 2 aromatic rings. The third-order valence-corrected chi connectivity index (χ3v) is 3.46. The van der Waals surface area contributed by atoms with Crippen molar-refractivity contribution in [1.82, 2.24) is 9.55 Å². The molecule has 18 heavy (non-hydrogen) atoms. The summed E-state index contributed by atoms with van der Waals surface area (Å²) < 4.78 is 6.83. The van der Waals surface area contributed by atoms with Crippen molar-refractivity contribution in [2.45, 2.75) is 18.1 Å². The number of methoxy groups -OCH3 is 1. The predicted molar refractivity (Wildman–Crippen MR) is 74.4 cm³/mol. The molecule has 1 aromatic carbocycles. The van der Waals surface area contributed by atoms with Crippen LogP contribution in [-0.4, -0.2) is 29.5 Å². The molecule has 5 heteroatoms. The van der Waals surface area contributed by atoms with E-state index in [4.69, 9.17) is 4.74 Å². The summed E-state index contributed by atoms with van der Waals surface area (Å²) in [7, 11) is 1.63. The molecule has 1 heterocycles. The van der Waals surface area contributed by atoms with Gasteiger partial charge in [0.2, 0.25) is 0 Å². The van der Waals surface area contributed by atoms with Gasteiger partial charge in [-0.05, 0) is 25.3 Å². The van der Waals surface area contributed by atoms with Crippen molar-refractivity contribution in [3.05, 3.63) is 34.6 Å². The number of fused-ring (bicyclic) bond motifs is 1. The Morgan fingerprint density at radius 2 is 2.17 bits per heavy atom. The largest absolute Gasteiger partial charge is 0.383 e. The quantitative estimate of drug-likeness (QED) is 0.628. The van der Waals surface area contributed by atoms with E-state index < -0.39 is 0 Å². The van der Waals surface area contributed by atoms with Crippen LogP contribution in [0.25, 0.3) is 10.9 Å². The Morgan fingerprint density at radius 1 is 1.44 bits per heavy atom. The predicted octanol–water partition coefficient (Wildman–Crippen LogP) is 2.33. The van der Waals surface area contributed by atoms with Gasteiger partial charge in [0.15, 0.2) is 5.16 Å². The van der Waals surface area contributed by atoms with Gasteiger partial charge in [0.05, 0.1) is 23.6 Å². The van der Waals surface area contributed by atoms with E-state index in [2.05, 4.69) is 4.98 Å². The summed E-state index contributed by atoms with van der Waals surface area (Å²) in [4.78, 5) is 17.0. The Labute approximate surface area is 110 Å². The van der Waals surface area contributed by atoms with Crippen LogP contribution >= 0.6 is 11.8 Å². The minimum Gasteiger partial charge on any atom is -0.383 e. The standard InChI is InChI=1S/C13H16N2O2S/c1-9(8-17-2)15-12(16)10-6-4-5-7-11(10)14-13(15)18-3/h4-7,9H,8H2,1-3H3/t9-/m1/s1. The van der Waals surface area contributed by atoms with Crippen molar-refractivity contribution in [1.29, 1.82) is 0 Å². The summed E-state index contributed by atoms with van der Waals surface area (Å²) >= 11 is 1.47. The molecule has 0 aliphatic carbocycles. The topological polar surface area (TPSA) is 44.1 Å². The zero-order valence-electron chi connectivity index (χ0n) is 10.7. The van der Waals surface area contributed by atoms with Crippen LogP contribution in [-0.2, 0) is 4.74 Å². The number of hydrogen-bond donors (Lipinski definition) is 0. The second-order valence-corrected chi connectivity index (χ2v) is 4.87. The van der Waals surface area contributed by atoms with E-state index >= 15 is 0 Å². The first kappa shape index (κ1) is 13.1. The van der Waals surface area contributed by atoms with Crippen molar-refractivity contribution in [3.8, 4) is 0 Å². The van der Waals surface area contributed by atoms with Gasteiger partial charge >= 0.3 is 0 Å². The zero-order valence-corrected chi connectivity index (χ0v) is 11.5. The van der Waals surface area contributed by atoms with Crippen molar-refractivity contribution >= 4 is 22.7 Å². The molecule has 0 spiro atoms. The lowest BCUT2D eigenvalue weighted by Crippen LogP contribution is -2.28. The van der Waals surface area contributed by atoms with Crippen LogP contribution in [0.4, 0.5) is 0 Å². The van der Waals surface area contributed by atoms with E-state index in [-0.39, 0.29) is 11.6 Å². The van der Waals surface area contributed by atoms with Gasteiger partial charge in [-0.15, -0.1) is 0 Å². The molecule has 0 N–H and O–H groups in total. The van der Waals surface area contributed by atoms with E-state index in [1.165, 1.54) is 11.8 Å². The van der Waals surface area contributed by atoms with Gasteiger partial charge < -0.3 is 4.74 Å². The lowest BCUT2D eigenvalue weighted by atomic mass is 10.2. The maximum atomic E-state index is 12.5. The summed E-state index contributed by atoms with van der Waals surface area (Å²) in [6.45, 7) is 2.45. The minimum atomic E-state index is -0.0259. The number of rotatable bonds is 4. The molecule has 4 nitrogen and oxygen atoms in total. The first-order chi connectivity index (χ1) is 8.69. The number of aromatic nitrogens is 2. The summed E-state index contributed by atoms with van der Waals surface area (Å²) in [5.74, 6) is 0. The Balaban J connectivity index is 2.70. The lowest BCUT2D eigenvalue weighted by molar-refractivity contribution is 0.156. The van der Waals surface area contributed by atoms with E-state index in [1.54, 1.807) is 11.7 Å². The fourth-order valence-electron chi connectivity index (χ4n) is 1.97. The van der Waals surface area contributed by atoms with Gasteiger partial charge in [-0.1, -0.05) is 23.9 Å². The molecular formula is C13H16N2O2S. The van der Waals surface area contributed by atoms with Gasteiger partial charge in [0.25, 0.3) is 5.56 Å². The van der Waals surface area contributed by atoms with E-state index in [0.717, 1.165) is 10.7 Å². The van der Waals surface area contributed by atoms with E-state index in [0.29, 0.717) is 12.0 Å². The molecule has 0 saturated heterocycles. The van der Waals surface area contributed by atoms with Crippen LogP contribution in [0.1, 0.15) is 13.0 Å². The number of thioether (sulfide) groups is 1. The molecule has 1 aromatic heterocycles. The third-order valence-electron chi connectivity index (χ3n) is 2.81. The number of ether oxygens (including phenoxy) is 1. The Morgan fingerprint density at radius 3 is 2.83 bits per heavy atom. The van der Waals surface area contributed by atoms with Gasteiger partial charge in [-0.2, -0.15) is 0 Å². The summed E-state index contributed by atoms with van der Waals surface area (Å²) in [5, 5.41) is 1.38. The van der Waals surface area contributed by atoms with E-state index in [9.17, 15) is 4.79 Å². The third kappa shape index (κ3) is 2.28. The fourth-order valence-corrected chi connectivity index (χ4v) is 2.62. The maximum Gasteiger partial charge on any atom is 0.262 e. The maximum absolute atomic E-state index is 12.5. The second-order valence-electron chi connectivity index (χ2n) is 4.10. The molecule has 0 fully saturated rings. The Bertz CT molecular complexity index is 609. The van der Waals surface area contributed by atoms with Crippen LogP contribution < -0.4 is 5.56 Å². The molecule has 0 aliphatic heterocycles. The van der Waals surface area contributed by atoms with Crippen LogP contribution in [0.15, 0.2) is 34.2 Å². The molecule has 96 valence electrons. The lowest BCUT2D eigenvalue weighted by Gasteiger charge is -2.17. The van der Waals surface area contributed by atoms with Crippen LogP contribution in [0.2, 0.25) is 0 Å². The average Bonchev–Trinajstić information content (AvgIpc) is 2.38. The van der Waals surface area contributed by atoms with Crippen LogP contribution in [0, 0.1) is 0 Å². The molecule has 2 rings (SSSR count). The normalized spacial score (nSPS) is 12.8. The average molecular weight is 264 g/mol. The molecule has 0 radical (unpaired) electrons. The summed E-state index contributed by atoms with van der Waals surface area (Å²) in [6.07, 6.45) is 1.92. The molecule has 0 aliphatic rings. The minimum absolute atomic E-state index is 0.00509. The fraction of sp³-hybridized carbons (Fsp3) is 0.385. The van der Waals surface area contributed by atoms with Gasteiger partial charge in [-0.3, -0.25) is 9.36 Å². The van der Waals surface area contributed by atoms with Crippen molar-refractivity contribution in [3.63, 3.8) is 0 Å². The zero-order chi connectivity index (χ0) is 13.1. The van der Waals surface area contributed by atoms with Crippen molar-refractivity contribution < 1.29 is 4.74 Å². The first-order valence-electron chi connectivity index (χ1n) is 5.73. The summed E-state index contributed by atoms with van der Waals surface area (Å²) in [5.41, 5.74) is 0.738. The van der Waals surface area contributed by atoms with E-state index in [1.807, 2.05) is 37.4 Å². The molecule has 1 atom stereocenters. The Kier molecular flexibility index (Phi) is 4.04. The van der Waals surface area contributed by atoms with Crippen molar-refractivity contribution in [2.75, 3.05) is 20.0 Å². The number of hydrogen-bond acceptors (Lipinski definition) is 4.